The van der Waals surface area contributed by atoms with Crippen LogP contribution in [0.5, 0.6) is 0 Å². The summed E-state index contributed by atoms with van der Waals surface area (Å²) in [5.74, 6) is 0.913. The number of benzene rings is 4. The maximum atomic E-state index is 12.4. The largest absolute Gasteiger partial charge is 0.431 e. The molecule has 0 radical (unpaired) electrons. The van der Waals surface area contributed by atoms with E-state index in [4.69, 9.17) is 24.1 Å². The van der Waals surface area contributed by atoms with Crippen molar-refractivity contribution >= 4 is 23.6 Å². The van der Waals surface area contributed by atoms with Crippen molar-refractivity contribution in [2.75, 3.05) is 5.75 Å². The number of hydrogen-bond donors (Lipinski definition) is 4. The van der Waals surface area contributed by atoms with Crippen LogP contribution in [0.1, 0.15) is 79.6 Å². The lowest BCUT2D eigenvalue weighted by molar-refractivity contribution is -0.245. The number of hydroxylamine groups is 1. The first kappa shape index (κ1) is 38.0. The van der Waals surface area contributed by atoms with E-state index in [1.165, 1.54) is 11.8 Å². The average Bonchev–Trinajstić information content (AvgIpc) is 3.65. The summed E-state index contributed by atoms with van der Waals surface area (Å²) < 4.78 is 19.5. The summed E-state index contributed by atoms with van der Waals surface area (Å²) in [6, 6.07) is 35.8. The van der Waals surface area contributed by atoms with Gasteiger partial charge in [0.2, 0.25) is 11.8 Å². The zero-order valence-corrected chi connectivity index (χ0v) is 30.3. The molecule has 2 heterocycles. The van der Waals surface area contributed by atoms with E-state index < -0.39 is 6.29 Å². The number of aromatic nitrogens is 1. The highest BCUT2D eigenvalue weighted by Crippen LogP contribution is 2.41. The van der Waals surface area contributed by atoms with Gasteiger partial charge in [-0.05, 0) is 29.5 Å². The molecule has 2 amide bonds. The molecule has 10 nitrogen and oxygen atoms in total. The predicted octanol–water partition coefficient (Wildman–Crippen LogP) is 8.30. The summed E-state index contributed by atoms with van der Waals surface area (Å²) >= 11 is 1.52. The molecule has 53 heavy (non-hydrogen) atoms. The van der Waals surface area contributed by atoms with Gasteiger partial charge in [0.1, 0.15) is 5.69 Å². The standard InChI is InChI=1S/C42H45N3O7S/c46-27-30-19-21-31(22-20-30)36-25-35(28-53-42-44-39(32-11-5-3-6-12-32)40(52-42)33-13-7-4-8-14-33)50-41(51-36)34-23-17-29(18-24-34)26-43-37(47)15-9-1-2-10-16-38(48)45-49/h3-8,11-14,17-24,35-36,41,46,49H,1-2,9-10,15-16,25-28H2,(H,43,47)(H,45,48)/t35-,36+,41+/m1/s1. The average molecular weight is 736 g/mol. The zero-order chi connectivity index (χ0) is 36.8. The minimum Gasteiger partial charge on any atom is -0.431 e. The van der Waals surface area contributed by atoms with Crippen molar-refractivity contribution in [2.45, 2.75) is 81.8 Å². The van der Waals surface area contributed by atoms with Crippen molar-refractivity contribution in [1.82, 2.24) is 15.8 Å². The van der Waals surface area contributed by atoms with Gasteiger partial charge in [0.25, 0.3) is 5.22 Å². The number of unbranched alkanes of at least 4 members (excludes halogenated alkanes) is 3. The third-order valence-corrected chi connectivity index (χ3v) is 10.1. The number of aliphatic hydroxyl groups excluding tert-OH is 1. The van der Waals surface area contributed by atoms with Crippen LogP contribution in [-0.4, -0.2) is 39.0 Å². The SMILES string of the molecule is O=C(CCCCCCC(=O)NCc1ccc([C@H]2O[C@@H](CSc3nc(-c4ccccc4)c(-c4ccccc4)o3)C[C@@H](c3ccc(CO)cc3)O2)cc1)NO. The minimum absolute atomic E-state index is 0.0191. The van der Waals surface area contributed by atoms with Crippen LogP contribution < -0.4 is 10.8 Å². The Morgan fingerprint density at radius 3 is 2.02 bits per heavy atom. The molecule has 1 aliphatic rings. The second kappa shape index (κ2) is 19.3. The number of carbonyl (C=O) groups is 2. The first-order chi connectivity index (χ1) is 26.0. The molecule has 4 aromatic carbocycles. The molecule has 3 atom stereocenters. The van der Waals surface area contributed by atoms with Gasteiger partial charge in [0.05, 0.1) is 18.8 Å². The van der Waals surface area contributed by atoms with Crippen LogP contribution in [0.3, 0.4) is 0 Å². The van der Waals surface area contributed by atoms with Gasteiger partial charge in [-0.15, -0.1) is 0 Å². The number of aliphatic hydroxyl groups is 1. The highest BCUT2D eigenvalue weighted by atomic mass is 32.2. The summed E-state index contributed by atoms with van der Waals surface area (Å²) in [6.07, 6.45) is 3.38. The fourth-order valence-electron chi connectivity index (χ4n) is 6.19. The lowest BCUT2D eigenvalue weighted by atomic mass is 10.0. The van der Waals surface area contributed by atoms with Gasteiger partial charge >= 0.3 is 0 Å². The molecule has 4 N–H and O–H groups in total. The van der Waals surface area contributed by atoms with Gasteiger partial charge in [-0.3, -0.25) is 14.8 Å². The van der Waals surface area contributed by atoms with Gasteiger partial charge in [-0.25, -0.2) is 10.5 Å². The molecule has 5 aromatic rings. The van der Waals surface area contributed by atoms with Crippen molar-refractivity contribution in [2.24, 2.45) is 0 Å². The number of oxazole rings is 1. The second-order valence-electron chi connectivity index (χ2n) is 13.0. The first-order valence-corrected chi connectivity index (χ1v) is 19.0. The second-order valence-corrected chi connectivity index (χ2v) is 14.0. The molecule has 1 fully saturated rings. The molecule has 0 unspecified atom stereocenters. The van der Waals surface area contributed by atoms with Gasteiger partial charge in [-0.1, -0.05) is 134 Å². The molecule has 1 saturated heterocycles. The molecule has 11 heteroatoms. The summed E-state index contributed by atoms with van der Waals surface area (Å²) in [7, 11) is 0. The van der Waals surface area contributed by atoms with Crippen LogP contribution in [0.15, 0.2) is 119 Å². The Hall–Kier alpha value is -4.78. The topological polar surface area (TPSA) is 143 Å². The highest BCUT2D eigenvalue weighted by Gasteiger charge is 2.33. The number of rotatable bonds is 17. The highest BCUT2D eigenvalue weighted by molar-refractivity contribution is 7.99. The maximum absolute atomic E-state index is 12.4. The zero-order valence-electron chi connectivity index (χ0n) is 29.5. The number of nitrogens with one attached hydrogen (secondary N) is 2. The lowest BCUT2D eigenvalue weighted by Crippen LogP contribution is -2.31. The number of ether oxygens (including phenoxy) is 2. The molecule has 0 spiro atoms. The van der Waals surface area contributed by atoms with E-state index in [9.17, 15) is 14.7 Å². The smallest absolute Gasteiger partial charge is 0.256 e. The van der Waals surface area contributed by atoms with Gasteiger partial charge < -0.3 is 24.3 Å². The Kier molecular flexibility index (Phi) is 13.9. The molecule has 0 bridgehead atoms. The van der Waals surface area contributed by atoms with E-state index in [1.54, 1.807) is 5.48 Å². The van der Waals surface area contributed by atoms with Gasteiger partial charge in [0, 0.05) is 48.3 Å². The number of hydrogen-bond acceptors (Lipinski definition) is 9. The Bertz CT molecular complexity index is 1830. The van der Waals surface area contributed by atoms with E-state index in [-0.39, 0.29) is 37.0 Å². The van der Waals surface area contributed by atoms with Crippen LogP contribution in [-0.2, 0) is 32.2 Å². The monoisotopic (exact) mass is 735 g/mol. The number of amides is 2. The maximum Gasteiger partial charge on any atom is 0.256 e. The minimum atomic E-state index is -0.617. The molecule has 6 rings (SSSR count). The molecule has 1 aromatic heterocycles. The van der Waals surface area contributed by atoms with E-state index in [0.29, 0.717) is 36.8 Å². The first-order valence-electron chi connectivity index (χ1n) is 18.0. The van der Waals surface area contributed by atoms with Crippen molar-refractivity contribution in [3.05, 3.63) is 131 Å². The van der Waals surface area contributed by atoms with Crippen molar-refractivity contribution in [1.29, 1.82) is 0 Å². The van der Waals surface area contributed by atoms with Crippen LogP contribution >= 0.6 is 11.8 Å². The Morgan fingerprint density at radius 2 is 1.36 bits per heavy atom. The Labute approximate surface area is 313 Å². The number of thioether (sulfide) groups is 1. The molecule has 0 saturated carbocycles. The summed E-state index contributed by atoms with van der Waals surface area (Å²) in [4.78, 5) is 28.4. The predicted molar refractivity (Wildman–Crippen MR) is 202 cm³/mol. The summed E-state index contributed by atoms with van der Waals surface area (Å²) in [5.41, 5.74) is 8.05. The number of carbonyl (C=O) groups excluding carboxylic acids is 2. The number of nitrogens with zero attached hydrogens (tertiary/aromatic N) is 1. The van der Waals surface area contributed by atoms with Crippen molar-refractivity contribution in [3.8, 4) is 22.6 Å². The van der Waals surface area contributed by atoms with E-state index in [1.807, 2.05) is 109 Å². The fraction of sp³-hybridized carbons (Fsp3) is 0.310. The third kappa shape index (κ3) is 10.9. The molecular formula is C42H45N3O7S. The van der Waals surface area contributed by atoms with Crippen LogP contribution in [0, 0.1) is 0 Å². The molecular weight excluding hydrogens is 691 g/mol. The van der Waals surface area contributed by atoms with Crippen molar-refractivity contribution < 1.29 is 33.8 Å². The Morgan fingerprint density at radius 1 is 0.736 bits per heavy atom. The molecule has 276 valence electrons. The van der Waals surface area contributed by atoms with Crippen LogP contribution in [0.4, 0.5) is 0 Å². The lowest BCUT2D eigenvalue weighted by Gasteiger charge is -2.36. The molecule has 1 aliphatic heterocycles. The van der Waals surface area contributed by atoms with Crippen LogP contribution in [0.2, 0.25) is 0 Å². The van der Waals surface area contributed by atoms with Crippen molar-refractivity contribution in [3.63, 3.8) is 0 Å². The van der Waals surface area contributed by atoms with E-state index in [0.717, 1.165) is 64.1 Å². The van der Waals surface area contributed by atoms with Crippen LogP contribution in [0.25, 0.3) is 22.6 Å². The quantitative estimate of drug-likeness (QED) is 0.0321. The summed E-state index contributed by atoms with van der Waals surface area (Å²) in [5, 5.41) is 21.7. The van der Waals surface area contributed by atoms with Gasteiger partial charge in [-0.2, -0.15) is 0 Å². The molecule has 0 aliphatic carbocycles. The normalized spacial score (nSPS) is 17.0. The summed E-state index contributed by atoms with van der Waals surface area (Å²) in [6.45, 7) is 0.385. The Balaban J connectivity index is 1.10. The van der Waals surface area contributed by atoms with Gasteiger partial charge in [0.15, 0.2) is 12.1 Å². The fourth-order valence-corrected chi connectivity index (χ4v) is 7.03. The van der Waals surface area contributed by atoms with E-state index >= 15 is 0 Å². The van der Waals surface area contributed by atoms with E-state index in [2.05, 4.69) is 5.32 Å². The third-order valence-electron chi connectivity index (χ3n) is 9.12.